The van der Waals surface area contributed by atoms with Crippen molar-refractivity contribution in [1.82, 2.24) is 0 Å². The summed E-state index contributed by atoms with van der Waals surface area (Å²) >= 11 is 0. The van der Waals surface area contributed by atoms with Crippen LogP contribution in [0.1, 0.15) is 19.8 Å². The Balaban J connectivity index is 2.22. The minimum atomic E-state index is -5.26. The van der Waals surface area contributed by atoms with Gasteiger partial charge >= 0.3 is 5.51 Å². The lowest BCUT2D eigenvalue weighted by Gasteiger charge is -2.14. The minimum absolute atomic E-state index is 0.00951. The molecule has 0 unspecified atom stereocenters. The van der Waals surface area contributed by atoms with Gasteiger partial charge in [0.25, 0.3) is 9.84 Å². The monoisotopic (exact) mass is 279 g/mol. The van der Waals surface area contributed by atoms with Crippen molar-refractivity contribution in [2.24, 2.45) is 0 Å². The van der Waals surface area contributed by atoms with Gasteiger partial charge in [0.15, 0.2) is 0 Å². The number of benzene rings is 1. The Kier molecular flexibility index (Phi) is 2.84. The molecular formula is C11H12F3NO2S. The fourth-order valence-electron chi connectivity index (χ4n) is 1.51. The van der Waals surface area contributed by atoms with Crippen LogP contribution in [0.3, 0.4) is 0 Å². The van der Waals surface area contributed by atoms with E-state index in [1.54, 1.807) is 0 Å². The first kappa shape index (κ1) is 13.2. The summed E-state index contributed by atoms with van der Waals surface area (Å²) in [7, 11) is -5.25. The number of hydrogen-bond donors (Lipinski definition) is 1. The lowest BCUT2D eigenvalue weighted by Crippen LogP contribution is -2.23. The first-order valence-electron chi connectivity index (χ1n) is 5.34. The quantitative estimate of drug-likeness (QED) is 0.925. The summed E-state index contributed by atoms with van der Waals surface area (Å²) in [6.07, 6.45) is 1.99. The molecule has 1 aliphatic rings. The summed E-state index contributed by atoms with van der Waals surface area (Å²) in [5, 5.41) is 3.13. The molecule has 0 heterocycles. The normalized spacial score (nSPS) is 18.4. The predicted molar refractivity (Wildman–Crippen MR) is 60.9 cm³/mol. The molecule has 1 saturated carbocycles. The summed E-state index contributed by atoms with van der Waals surface area (Å²) in [5.41, 5.74) is -4.65. The van der Waals surface area contributed by atoms with Crippen molar-refractivity contribution in [3.8, 4) is 0 Å². The Morgan fingerprint density at radius 2 is 1.67 bits per heavy atom. The molecule has 2 rings (SSSR count). The maximum absolute atomic E-state index is 12.3. The van der Waals surface area contributed by atoms with Crippen molar-refractivity contribution >= 4 is 15.5 Å². The van der Waals surface area contributed by atoms with Crippen LogP contribution >= 0.6 is 0 Å². The topological polar surface area (TPSA) is 46.2 Å². The molecule has 0 amide bonds. The minimum Gasteiger partial charge on any atom is -0.380 e. The van der Waals surface area contributed by atoms with Crippen LogP contribution in [-0.2, 0) is 9.84 Å². The molecule has 0 atom stereocenters. The molecule has 0 spiro atoms. The zero-order valence-electron chi connectivity index (χ0n) is 9.58. The van der Waals surface area contributed by atoms with Gasteiger partial charge < -0.3 is 5.32 Å². The molecule has 3 nitrogen and oxygen atoms in total. The van der Waals surface area contributed by atoms with Gasteiger partial charge in [0, 0.05) is 11.2 Å². The third-order valence-electron chi connectivity index (χ3n) is 2.92. The Morgan fingerprint density at radius 1 is 1.17 bits per heavy atom. The molecule has 0 aliphatic heterocycles. The van der Waals surface area contributed by atoms with Gasteiger partial charge in [0.1, 0.15) is 0 Å². The van der Waals surface area contributed by atoms with Gasteiger partial charge in [-0.15, -0.1) is 0 Å². The summed E-state index contributed by atoms with van der Waals surface area (Å²) in [6.45, 7) is 1.99. The van der Waals surface area contributed by atoms with E-state index >= 15 is 0 Å². The Bertz CT molecular complexity index is 545. The van der Waals surface area contributed by atoms with Crippen LogP contribution in [0.25, 0.3) is 0 Å². The van der Waals surface area contributed by atoms with Gasteiger partial charge in [-0.25, -0.2) is 8.42 Å². The highest BCUT2D eigenvalue weighted by Gasteiger charge is 2.46. The van der Waals surface area contributed by atoms with Crippen molar-refractivity contribution < 1.29 is 21.6 Å². The zero-order valence-corrected chi connectivity index (χ0v) is 10.4. The first-order chi connectivity index (χ1) is 8.14. The largest absolute Gasteiger partial charge is 0.501 e. The molecule has 7 heteroatoms. The van der Waals surface area contributed by atoms with E-state index < -0.39 is 20.2 Å². The fourth-order valence-corrected chi connectivity index (χ4v) is 2.27. The molecule has 1 aromatic carbocycles. The lowest BCUT2D eigenvalue weighted by molar-refractivity contribution is -0.0436. The highest BCUT2D eigenvalue weighted by molar-refractivity contribution is 7.92. The average molecular weight is 279 g/mol. The molecule has 18 heavy (non-hydrogen) atoms. The predicted octanol–water partition coefficient (Wildman–Crippen LogP) is 2.94. The van der Waals surface area contributed by atoms with Crippen LogP contribution in [0.15, 0.2) is 29.2 Å². The summed E-state index contributed by atoms with van der Waals surface area (Å²) in [4.78, 5) is -0.735. The summed E-state index contributed by atoms with van der Waals surface area (Å²) < 4.78 is 59.1. The van der Waals surface area contributed by atoms with Gasteiger partial charge in [0.05, 0.1) is 4.90 Å². The van der Waals surface area contributed by atoms with Crippen LogP contribution < -0.4 is 5.32 Å². The molecule has 0 bridgehead atoms. The number of nitrogens with one attached hydrogen (secondary N) is 1. The van der Waals surface area contributed by atoms with Gasteiger partial charge in [-0.05, 0) is 44.0 Å². The summed E-state index contributed by atoms with van der Waals surface area (Å²) in [5.74, 6) is 0. The second kappa shape index (κ2) is 3.88. The third kappa shape index (κ3) is 2.45. The highest BCUT2D eigenvalue weighted by Crippen LogP contribution is 2.38. The molecule has 0 saturated heterocycles. The van der Waals surface area contributed by atoms with Gasteiger partial charge in [0.2, 0.25) is 0 Å². The SMILES string of the molecule is CC1(Nc2ccc(S(=O)(=O)C(F)(F)F)cc2)CC1. The Labute approximate surface area is 103 Å². The molecule has 100 valence electrons. The van der Waals surface area contributed by atoms with Crippen molar-refractivity contribution in [2.75, 3.05) is 5.32 Å². The van der Waals surface area contributed by atoms with Crippen LogP contribution in [0.4, 0.5) is 18.9 Å². The lowest BCUT2D eigenvalue weighted by atomic mass is 10.2. The molecule has 1 aliphatic carbocycles. The van der Waals surface area contributed by atoms with E-state index in [4.69, 9.17) is 0 Å². The number of hydrogen-bond acceptors (Lipinski definition) is 3. The molecule has 1 N–H and O–H groups in total. The first-order valence-corrected chi connectivity index (χ1v) is 6.82. The van der Waals surface area contributed by atoms with E-state index in [2.05, 4.69) is 5.32 Å². The molecular weight excluding hydrogens is 267 g/mol. The van der Waals surface area contributed by atoms with Gasteiger partial charge in [-0.1, -0.05) is 0 Å². The summed E-state index contributed by atoms with van der Waals surface area (Å²) in [6, 6.07) is 4.64. The average Bonchev–Trinajstić information content (AvgIpc) is 2.95. The highest BCUT2D eigenvalue weighted by atomic mass is 32.2. The van der Waals surface area contributed by atoms with E-state index in [1.165, 1.54) is 12.1 Å². The van der Waals surface area contributed by atoms with Crippen LogP contribution in [0, 0.1) is 0 Å². The molecule has 1 fully saturated rings. The van der Waals surface area contributed by atoms with Crippen molar-refractivity contribution in [3.63, 3.8) is 0 Å². The van der Waals surface area contributed by atoms with Gasteiger partial charge in [-0.3, -0.25) is 0 Å². The second-order valence-corrected chi connectivity index (χ2v) is 6.60. The van der Waals surface area contributed by atoms with E-state index in [1.807, 2.05) is 6.92 Å². The Morgan fingerprint density at radius 3 is 2.06 bits per heavy atom. The number of alkyl halides is 3. The van der Waals surface area contributed by atoms with Crippen molar-refractivity contribution in [3.05, 3.63) is 24.3 Å². The zero-order chi connectivity index (χ0) is 13.6. The maximum Gasteiger partial charge on any atom is 0.501 e. The number of anilines is 1. The van der Waals surface area contributed by atoms with Crippen LogP contribution in [0.2, 0.25) is 0 Å². The second-order valence-electron chi connectivity index (χ2n) is 4.66. The van der Waals surface area contributed by atoms with E-state index in [-0.39, 0.29) is 5.54 Å². The molecule has 1 aromatic rings. The number of halogens is 3. The smallest absolute Gasteiger partial charge is 0.380 e. The van der Waals surface area contributed by atoms with E-state index in [9.17, 15) is 21.6 Å². The number of rotatable bonds is 3. The molecule has 0 aromatic heterocycles. The van der Waals surface area contributed by atoms with Crippen LogP contribution in [-0.4, -0.2) is 19.5 Å². The Hall–Kier alpha value is -1.24. The maximum atomic E-state index is 12.3. The number of sulfone groups is 1. The van der Waals surface area contributed by atoms with Crippen LogP contribution in [0.5, 0.6) is 0 Å². The van der Waals surface area contributed by atoms with Crippen molar-refractivity contribution in [2.45, 2.75) is 35.7 Å². The van der Waals surface area contributed by atoms with Crippen molar-refractivity contribution in [1.29, 1.82) is 0 Å². The van der Waals surface area contributed by atoms with E-state index in [0.29, 0.717) is 5.69 Å². The third-order valence-corrected chi connectivity index (χ3v) is 4.42. The van der Waals surface area contributed by atoms with E-state index in [0.717, 1.165) is 25.0 Å². The standard InChI is InChI=1S/C11H12F3NO2S/c1-10(6-7-10)15-8-2-4-9(5-3-8)18(16,17)11(12,13)14/h2-5,15H,6-7H2,1H3. The molecule has 0 radical (unpaired) electrons. The van der Waals surface area contributed by atoms with Gasteiger partial charge in [-0.2, -0.15) is 13.2 Å². The fraction of sp³-hybridized carbons (Fsp3) is 0.455.